The Bertz CT molecular complexity index is 408. The zero-order chi connectivity index (χ0) is 12.8. The maximum absolute atomic E-state index is 12.7. The lowest BCUT2D eigenvalue weighted by Crippen LogP contribution is -2.36. The van der Waals surface area contributed by atoms with E-state index in [1.54, 1.807) is 12.1 Å². The number of imide groups is 1. The second-order valence-electron chi connectivity index (χ2n) is 3.42. The van der Waals surface area contributed by atoms with E-state index in [0.29, 0.717) is 0 Å². The van der Waals surface area contributed by atoms with Crippen LogP contribution in [-0.4, -0.2) is 17.7 Å². The van der Waals surface area contributed by atoms with Crippen LogP contribution in [0.2, 0.25) is 0 Å². The number of nitrogens with two attached hydrogens (primary N) is 1. The molecule has 3 N–H and O–H groups in total. The first-order valence-electron chi connectivity index (χ1n) is 4.95. The van der Waals surface area contributed by atoms with Crippen molar-refractivity contribution in [3.63, 3.8) is 0 Å². The maximum Gasteiger partial charge on any atom is 0.318 e. The van der Waals surface area contributed by atoms with Crippen molar-refractivity contribution in [1.82, 2.24) is 5.32 Å². The summed E-state index contributed by atoms with van der Waals surface area (Å²) in [6.07, 6.45) is 0. The Morgan fingerprint density at radius 3 is 2.53 bits per heavy atom. The average Bonchev–Trinajstić information content (AvgIpc) is 2.26. The second kappa shape index (κ2) is 6.24. The number of thioether (sulfide) groups is 1. The predicted molar refractivity (Wildman–Crippen MR) is 65.0 cm³/mol. The molecule has 0 aliphatic rings. The summed E-state index contributed by atoms with van der Waals surface area (Å²) in [7, 11) is 0. The summed E-state index contributed by atoms with van der Waals surface area (Å²) >= 11 is 1.34. The highest BCUT2D eigenvalue weighted by atomic mass is 32.2. The van der Waals surface area contributed by atoms with E-state index in [9.17, 15) is 14.0 Å². The van der Waals surface area contributed by atoms with Gasteiger partial charge in [0.25, 0.3) is 0 Å². The summed E-state index contributed by atoms with van der Waals surface area (Å²) in [5.41, 5.74) is 5.73. The lowest BCUT2D eigenvalue weighted by molar-refractivity contribution is -0.117. The molecule has 0 saturated carbocycles. The van der Waals surface area contributed by atoms with Gasteiger partial charge in [-0.3, -0.25) is 10.1 Å². The smallest absolute Gasteiger partial charge is 0.318 e. The zero-order valence-electron chi connectivity index (χ0n) is 9.27. The number of hydrogen-bond donors (Lipinski definition) is 2. The highest BCUT2D eigenvalue weighted by Gasteiger charge is 2.10. The lowest BCUT2D eigenvalue weighted by Gasteiger charge is -2.10. The van der Waals surface area contributed by atoms with Crippen molar-refractivity contribution in [2.45, 2.75) is 12.2 Å². The minimum absolute atomic E-state index is 0.0363. The van der Waals surface area contributed by atoms with E-state index in [-0.39, 0.29) is 16.8 Å². The van der Waals surface area contributed by atoms with Crippen molar-refractivity contribution in [2.24, 2.45) is 5.73 Å². The standard InChI is InChI=1S/C11H13FN2O2S/c1-7(8-2-4-9(12)5-3-8)17-6-10(15)14-11(13)16/h2-5,7H,6H2,1H3,(H3,13,14,15,16)/t7-/m0/s1. The molecule has 0 aliphatic carbocycles. The van der Waals surface area contributed by atoms with Crippen molar-refractivity contribution in [1.29, 1.82) is 0 Å². The fourth-order valence-corrected chi connectivity index (χ4v) is 2.03. The molecular formula is C11H13FN2O2S. The lowest BCUT2D eigenvalue weighted by atomic mass is 10.2. The third kappa shape index (κ3) is 4.86. The molecule has 1 aromatic rings. The molecule has 0 aliphatic heterocycles. The van der Waals surface area contributed by atoms with Crippen molar-refractivity contribution in [3.8, 4) is 0 Å². The highest BCUT2D eigenvalue weighted by molar-refractivity contribution is 8.00. The topological polar surface area (TPSA) is 72.2 Å². The van der Waals surface area contributed by atoms with Crippen LogP contribution in [0.25, 0.3) is 0 Å². The molecule has 1 rings (SSSR count). The average molecular weight is 256 g/mol. The third-order valence-corrected chi connectivity index (χ3v) is 3.27. The van der Waals surface area contributed by atoms with Gasteiger partial charge in [-0.1, -0.05) is 12.1 Å². The Morgan fingerprint density at radius 2 is 2.00 bits per heavy atom. The van der Waals surface area contributed by atoms with Gasteiger partial charge in [0.05, 0.1) is 5.75 Å². The molecule has 1 aromatic carbocycles. The quantitative estimate of drug-likeness (QED) is 0.863. The number of urea groups is 1. The molecule has 0 fully saturated rings. The SMILES string of the molecule is C[C@H](SCC(=O)NC(N)=O)c1ccc(F)cc1. The van der Waals surface area contributed by atoms with Crippen LogP contribution in [0.5, 0.6) is 0 Å². The van der Waals surface area contributed by atoms with Gasteiger partial charge in [0.15, 0.2) is 0 Å². The van der Waals surface area contributed by atoms with Gasteiger partial charge in [-0.25, -0.2) is 9.18 Å². The van der Waals surface area contributed by atoms with E-state index in [0.717, 1.165) is 5.56 Å². The van der Waals surface area contributed by atoms with Gasteiger partial charge < -0.3 is 5.73 Å². The summed E-state index contributed by atoms with van der Waals surface area (Å²) in [5, 5.41) is 2.01. The van der Waals surface area contributed by atoms with E-state index >= 15 is 0 Å². The normalized spacial score (nSPS) is 11.9. The van der Waals surface area contributed by atoms with Gasteiger partial charge in [0.2, 0.25) is 5.91 Å². The largest absolute Gasteiger partial charge is 0.351 e. The van der Waals surface area contributed by atoms with Crippen LogP contribution in [0.15, 0.2) is 24.3 Å². The van der Waals surface area contributed by atoms with Gasteiger partial charge in [-0.05, 0) is 24.6 Å². The number of carbonyl (C=O) groups excluding carboxylic acids is 2. The number of hydrogen-bond acceptors (Lipinski definition) is 3. The number of primary amides is 1. The molecule has 17 heavy (non-hydrogen) atoms. The predicted octanol–water partition coefficient (Wildman–Crippen LogP) is 1.81. The fraction of sp³-hybridized carbons (Fsp3) is 0.273. The highest BCUT2D eigenvalue weighted by Crippen LogP contribution is 2.27. The Kier molecular flexibility index (Phi) is 4.96. The molecule has 0 unspecified atom stereocenters. The Hall–Kier alpha value is -1.56. The second-order valence-corrected chi connectivity index (χ2v) is 4.75. The van der Waals surface area contributed by atoms with Crippen LogP contribution in [0.3, 0.4) is 0 Å². The van der Waals surface area contributed by atoms with Gasteiger partial charge in [-0.15, -0.1) is 11.8 Å². The first-order valence-corrected chi connectivity index (χ1v) is 6.00. The third-order valence-electron chi connectivity index (χ3n) is 2.07. The molecule has 0 heterocycles. The van der Waals surface area contributed by atoms with Gasteiger partial charge >= 0.3 is 6.03 Å². The van der Waals surface area contributed by atoms with Crippen LogP contribution in [0.1, 0.15) is 17.7 Å². The number of benzene rings is 1. The number of rotatable bonds is 4. The van der Waals surface area contributed by atoms with Crippen molar-refractivity contribution in [3.05, 3.63) is 35.6 Å². The Labute approximate surface area is 103 Å². The number of amides is 3. The number of halogens is 1. The molecule has 0 aromatic heterocycles. The molecule has 0 radical (unpaired) electrons. The van der Waals surface area contributed by atoms with E-state index in [2.05, 4.69) is 0 Å². The molecule has 92 valence electrons. The summed E-state index contributed by atoms with van der Waals surface area (Å²) in [6.45, 7) is 1.90. The van der Waals surface area contributed by atoms with Gasteiger partial charge in [0, 0.05) is 5.25 Å². The first-order chi connectivity index (χ1) is 7.99. The van der Waals surface area contributed by atoms with E-state index in [4.69, 9.17) is 5.73 Å². The fourth-order valence-electron chi connectivity index (χ4n) is 1.20. The minimum atomic E-state index is -0.856. The molecular weight excluding hydrogens is 243 g/mol. The molecule has 0 saturated heterocycles. The monoisotopic (exact) mass is 256 g/mol. The summed E-state index contributed by atoms with van der Waals surface area (Å²) in [6, 6.07) is 5.22. The molecule has 0 spiro atoms. The summed E-state index contributed by atoms with van der Waals surface area (Å²) in [4.78, 5) is 21.6. The Morgan fingerprint density at radius 1 is 1.41 bits per heavy atom. The van der Waals surface area contributed by atoms with Crippen LogP contribution in [-0.2, 0) is 4.79 Å². The summed E-state index contributed by atoms with van der Waals surface area (Å²) < 4.78 is 12.7. The van der Waals surface area contributed by atoms with Gasteiger partial charge in [0.1, 0.15) is 5.82 Å². The zero-order valence-corrected chi connectivity index (χ0v) is 10.1. The Balaban J connectivity index is 2.44. The van der Waals surface area contributed by atoms with Crippen LogP contribution < -0.4 is 11.1 Å². The molecule has 1 atom stereocenters. The summed E-state index contributed by atoms with van der Waals surface area (Å²) in [5.74, 6) is -0.601. The van der Waals surface area contributed by atoms with Crippen LogP contribution in [0, 0.1) is 5.82 Å². The molecule has 0 bridgehead atoms. The molecule has 4 nitrogen and oxygen atoms in total. The van der Waals surface area contributed by atoms with Crippen LogP contribution in [0.4, 0.5) is 9.18 Å². The van der Waals surface area contributed by atoms with Crippen molar-refractivity contribution < 1.29 is 14.0 Å². The maximum atomic E-state index is 12.7. The van der Waals surface area contributed by atoms with E-state index in [1.165, 1.54) is 23.9 Å². The van der Waals surface area contributed by atoms with Crippen molar-refractivity contribution >= 4 is 23.7 Å². The minimum Gasteiger partial charge on any atom is -0.351 e. The van der Waals surface area contributed by atoms with Crippen molar-refractivity contribution in [2.75, 3.05) is 5.75 Å². The number of carbonyl (C=O) groups is 2. The van der Waals surface area contributed by atoms with E-state index in [1.807, 2.05) is 12.2 Å². The molecule has 6 heteroatoms. The van der Waals surface area contributed by atoms with E-state index < -0.39 is 11.9 Å². The first kappa shape index (κ1) is 13.5. The number of nitrogens with one attached hydrogen (secondary N) is 1. The van der Waals surface area contributed by atoms with Crippen LogP contribution >= 0.6 is 11.8 Å². The van der Waals surface area contributed by atoms with Gasteiger partial charge in [-0.2, -0.15) is 0 Å². The molecule has 3 amide bonds.